The summed E-state index contributed by atoms with van der Waals surface area (Å²) >= 11 is 0. The van der Waals surface area contributed by atoms with Crippen molar-refractivity contribution in [2.45, 2.75) is 31.8 Å². The first-order valence-corrected chi connectivity index (χ1v) is 10.1. The number of ether oxygens (including phenoxy) is 2. The maximum Gasteiger partial charge on any atom is 0.327 e. The van der Waals surface area contributed by atoms with Crippen LogP contribution in [0.4, 0.5) is 4.79 Å². The first-order valence-electron chi connectivity index (χ1n) is 10.1. The molecule has 1 saturated heterocycles. The lowest BCUT2D eigenvalue weighted by Crippen LogP contribution is -2.40. The number of carbonyl (C=O) groups excluding carboxylic acids is 3. The third-order valence-electron chi connectivity index (χ3n) is 5.53. The summed E-state index contributed by atoms with van der Waals surface area (Å²) in [4.78, 5) is 42.5. The van der Waals surface area contributed by atoms with Gasteiger partial charge in [-0.2, -0.15) is 0 Å². The summed E-state index contributed by atoms with van der Waals surface area (Å²) in [5.41, 5.74) is 1.93. The SMILES string of the molecule is COc1cc2c(cc1OC)CN1C(=O)N(CCCC(=O)NCCN(C)C)C(=O)[C@@H]1C2. The number of methoxy groups -OCH3 is 2. The summed E-state index contributed by atoms with van der Waals surface area (Å²) in [6, 6.07) is 2.95. The highest BCUT2D eigenvalue weighted by molar-refractivity contribution is 6.04. The molecule has 0 bridgehead atoms. The standard InChI is InChI=1S/C21H30N4O5/c1-23(2)9-7-22-19(26)6-5-8-24-20(27)16-10-14-11-17(29-3)18(30-4)12-15(14)13-25(16)21(24)28/h11-12,16H,5-10,13H2,1-4H3,(H,22,26)/t16-/m0/s1. The number of hydrogen-bond acceptors (Lipinski definition) is 6. The van der Waals surface area contributed by atoms with Crippen molar-refractivity contribution in [2.75, 3.05) is 47.9 Å². The molecule has 9 nitrogen and oxygen atoms in total. The van der Waals surface area contributed by atoms with Crippen LogP contribution in [0.15, 0.2) is 12.1 Å². The fourth-order valence-electron chi connectivity index (χ4n) is 3.87. The minimum absolute atomic E-state index is 0.0692. The molecular formula is C21H30N4O5. The zero-order valence-electron chi connectivity index (χ0n) is 18.1. The number of nitrogens with zero attached hydrogens (tertiary/aromatic N) is 3. The second-order valence-electron chi connectivity index (χ2n) is 7.85. The van der Waals surface area contributed by atoms with E-state index in [0.717, 1.165) is 17.7 Å². The monoisotopic (exact) mass is 418 g/mol. The summed E-state index contributed by atoms with van der Waals surface area (Å²) in [6.45, 7) is 1.94. The molecule has 2 aliphatic heterocycles. The highest BCUT2D eigenvalue weighted by Crippen LogP contribution is 2.37. The van der Waals surface area contributed by atoms with E-state index < -0.39 is 6.04 Å². The van der Waals surface area contributed by atoms with Crippen LogP contribution in [0.25, 0.3) is 0 Å². The third-order valence-corrected chi connectivity index (χ3v) is 5.53. The maximum atomic E-state index is 12.9. The predicted octanol–water partition coefficient (Wildman–Crippen LogP) is 0.851. The molecule has 0 aromatic heterocycles. The van der Waals surface area contributed by atoms with Gasteiger partial charge in [0, 0.05) is 39.0 Å². The number of urea groups is 1. The Kier molecular flexibility index (Phi) is 6.81. The molecule has 0 unspecified atom stereocenters. The van der Waals surface area contributed by atoms with Crippen LogP contribution in [0.2, 0.25) is 0 Å². The molecule has 0 spiro atoms. The summed E-state index contributed by atoms with van der Waals surface area (Å²) in [5.74, 6) is 0.942. The van der Waals surface area contributed by atoms with E-state index in [1.165, 1.54) is 4.90 Å². The minimum Gasteiger partial charge on any atom is -0.493 e. The van der Waals surface area contributed by atoms with Gasteiger partial charge in [0.2, 0.25) is 5.91 Å². The Balaban J connectivity index is 1.59. The Hall–Kier alpha value is -2.81. The average Bonchev–Trinajstić information content (AvgIpc) is 2.95. The molecule has 3 rings (SSSR count). The molecule has 0 saturated carbocycles. The Morgan fingerprint density at radius 1 is 1.17 bits per heavy atom. The molecule has 1 atom stereocenters. The van der Waals surface area contributed by atoms with E-state index in [4.69, 9.17) is 9.47 Å². The van der Waals surface area contributed by atoms with Crippen LogP contribution >= 0.6 is 0 Å². The molecule has 30 heavy (non-hydrogen) atoms. The summed E-state index contributed by atoms with van der Waals surface area (Å²) in [7, 11) is 7.02. The fourth-order valence-corrected chi connectivity index (χ4v) is 3.87. The van der Waals surface area contributed by atoms with Crippen molar-refractivity contribution in [1.29, 1.82) is 0 Å². The van der Waals surface area contributed by atoms with Crippen molar-refractivity contribution < 1.29 is 23.9 Å². The Labute approximate surface area is 176 Å². The smallest absolute Gasteiger partial charge is 0.327 e. The molecule has 4 amide bonds. The number of hydrogen-bond donors (Lipinski definition) is 1. The Bertz CT molecular complexity index is 775. The Morgan fingerprint density at radius 2 is 1.83 bits per heavy atom. The number of rotatable bonds is 9. The summed E-state index contributed by atoms with van der Waals surface area (Å²) in [5, 5.41) is 2.84. The van der Waals surface area contributed by atoms with Gasteiger partial charge in [0.25, 0.3) is 5.91 Å². The number of nitrogens with one attached hydrogen (secondary N) is 1. The second-order valence-corrected chi connectivity index (χ2v) is 7.85. The topological polar surface area (TPSA) is 91.4 Å². The first kappa shape index (κ1) is 21.9. The molecule has 1 N–H and O–H groups in total. The van der Waals surface area contributed by atoms with E-state index in [1.807, 2.05) is 31.1 Å². The van der Waals surface area contributed by atoms with Crippen LogP contribution in [0, 0.1) is 0 Å². The Morgan fingerprint density at radius 3 is 2.47 bits per heavy atom. The number of imide groups is 1. The first-order chi connectivity index (χ1) is 14.3. The average molecular weight is 418 g/mol. The van der Waals surface area contributed by atoms with E-state index in [-0.39, 0.29) is 30.8 Å². The third kappa shape index (κ3) is 4.51. The predicted molar refractivity (Wildman–Crippen MR) is 110 cm³/mol. The molecule has 0 aliphatic carbocycles. The van der Waals surface area contributed by atoms with Crippen molar-refractivity contribution in [3.63, 3.8) is 0 Å². The number of fused-ring (bicyclic) bond motifs is 2. The largest absolute Gasteiger partial charge is 0.493 e. The molecule has 1 aromatic carbocycles. The second kappa shape index (κ2) is 9.34. The van der Waals surface area contributed by atoms with Crippen LogP contribution in [0.5, 0.6) is 11.5 Å². The molecule has 1 fully saturated rings. The van der Waals surface area contributed by atoms with Crippen molar-refractivity contribution in [3.05, 3.63) is 23.3 Å². The zero-order chi connectivity index (χ0) is 21.8. The van der Waals surface area contributed by atoms with Gasteiger partial charge >= 0.3 is 6.03 Å². The van der Waals surface area contributed by atoms with Crippen LogP contribution in [0.3, 0.4) is 0 Å². The van der Waals surface area contributed by atoms with Crippen LogP contribution < -0.4 is 14.8 Å². The van der Waals surface area contributed by atoms with Gasteiger partial charge in [0.1, 0.15) is 6.04 Å². The fraction of sp³-hybridized carbons (Fsp3) is 0.571. The molecule has 1 aromatic rings. The lowest BCUT2D eigenvalue weighted by Gasteiger charge is -2.29. The van der Waals surface area contributed by atoms with Crippen molar-refractivity contribution in [1.82, 2.24) is 20.0 Å². The molecule has 2 heterocycles. The van der Waals surface area contributed by atoms with Crippen LogP contribution in [-0.2, 0) is 22.6 Å². The van der Waals surface area contributed by atoms with Gasteiger partial charge in [0.05, 0.1) is 14.2 Å². The van der Waals surface area contributed by atoms with Gasteiger partial charge in [-0.25, -0.2) is 4.79 Å². The molecule has 0 radical (unpaired) electrons. The number of amides is 4. The van der Waals surface area contributed by atoms with Crippen LogP contribution in [0.1, 0.15) is 24.0 Å². The van der Waals surface area contributed by atoms with E-state index >= 15 is 0 Å². The summed E-state index contributed by atoms with van der Waals surface area (Å²) in [6.07, 6.45) is 1.17. The van der Waals surface area contributed by atoms with E-state index in [9.17, 15) is 14.4 Å². The zero-order valence-corrected chi connectivity index (χ0v) is 18.1. The molecular weight excluding hydrogens is 388 g/mol. The molecule has 2 aliphatic rings. The van der Waals surface area contributed by atoms with E-state index in [1.54, 1.807) is 19.1 Å². The van der Waals surface area contributed by atoms with Crippen LogP contribution in [-0.4, -0.2) is 86.5 Å². The number of carbonyl (C=O) groups is 3. The van der Waals surface area contributed by atoms with Gasteiger partial charge in [-0.15, -0.1) is 0 Å². The van der Waals surface area contributed by atoms with Crippen molar-refractivity contribution in [2.24, 2.45) is 0 Å². The number of benzene rings is 1. The maximum absolute atomic E-state index is 12.9. The molecule has 9 heteroatoms. The minimum atomic E-state index is -0.503. The summed E-state index contributed by atoms with van der Waals surface area (Å²) < 4.78 is 10.7. The molecule has 164 valence electrons. The van der Waals surface area contributed by atoms with Crippen molar-refractivity contribution in [3.8, 4) is 11.5 Å². The lowest BCUT2D eigenvalue weighted by atomic mass is 9.94. The van der Waals surface area contributed by atoms with Gasteiger partial charge in [-0.05, 0) is 43.8 Å². The van der Waals surface area contributed by atoms with Gasteiger partial charge < -0.3 is 24.6 Å². The highest BCUT2D eigenvalue weighted by atomic mass is 16.5. The van der Waals surface area contributed by atoms with Gasteiger partial charge in [0.15, 0.2) is 11.5 Å². The highest BCUT2D eigenvalue weighted by Gasteiger charge is 2.47. The normalized spacial score (nSPS) is 17.8. The van der Waals surface area contributed by atoms with Gasteiger partial charge in [-0.3, -0.25) is 14.5 Å². The quantitative estimate of drug-likeness (QED) is 0.598. The van der Waals surface area contributed by atoms with E-state index in [2.05, 4.69) is 5.32 Å². The van der Waals surface area contributed by atoms with E-state index in [0.29, 0.717) is 37.4 Å². The van der Waals surface area contributed by atoms with Gasteiger partial charge in [-0.1, -0.05) is 0 Å². The number of likely N-dealkylation sites (N-methyl/N-ethyl adjacent to an activating group) is 1. The lowest BCUT2D eigenvalue weighted by molar-refractivity contribution is -0.129. The van der Waals surface area contributed by atoms with Crippen molar-refractivity contribution >= 4 is 17.8 Å².